The first-order chi connectivity index (χ1) is 13.6. The number of nitrogens with one attached hydrogen (secondary N) is 2. The lowest BCUT2D eigenvalue weighted by atomic mass is 10.2. The standard InChI is InChI=1S/C21H18N2O5/c24-19(12-27-17-8-4-13-5-9-20(25)28-18(13)11-17)22-16-3-1-2-14(10-16)21(26)23-15-6-7-15/h1-5,8-11,15H,6-7,12H2,(H,22,24)(H,23,26). The van der Waals surface area contributed by atoms with Gasteiger partial charge in [0.25, 0.3) is 11.8 Å². The van der Waals surface area contributed by atoms with E-state index in [0.29, 0.717) is 22.6 Å². The molecular weight excluding hydrogens is 360 g/mol. The van der Waals surface area contributed by atoms with Gasteiger partial charge in [0.15, 0.2) is 6.61 Å². The molecule has 1 fully saturated rings. The van der Waals surface area contributed by atoms with Crippen LogP contribution in [0.2, 0.25) is 0 Å². The minimum absolute atomic E-state index is 0.146. The summed E-state index contributed by atoms with van der Waals surface area (Å²) < 4.78 is 10.6. The Bertz CT molecular complexity index is 1100. The number of benzene rings is 2. The highest BCUT2D eigenvalue weighted by Crippen LogP contribution is 2.21. The van der Waals surface area contributed by atoms with E-state index < -0.39 is 5.63 Å². The maximum atomic E-state index is 12.2. The largest absolute Gasteiger partial charge is 0.484 e. The molecule has 0 saturated heterocycles. The first-order valence-electron chi connectivity index (χ1n) is 8.94. The molecule has 0 bridgehead atoms. The summed E-state index contributed by atoms with van der Waals surface area (Å²) in [4.78, 5) is 35.6. The topological polar surface area (TPSA) is 97.6 Å². The van der Waals surface area contributed by atoms with E-state index in [-0.39, 0.29) is 24.5 Å². The SMILES string of the molecule is O=C(COc1ccc2ccc(=O)oc2c1)Nc1cccc(C(=O)NC2CC2)c1. The highest BCUT2D eigenvalue weighted by molar-refractivity contribution is 5.97. The Morgan fingerprint density at radius 3 is 2.71 bits per heavy atom. The summed E-state index contributed by atoms with van der Waals surface area (Å²) in [7, 11) is 0. The molecule has 0 spiro atoms. The van der Waals surface area contributed by atoms with Gasteiger partial charge in [-0.2, -0.15) is 0 Å². The molecule has 2 N–H and O–H groups in total. The van der Waals surface area contributed by atoms with Crippen LogP contribution < -0.4 is 21.0 Å². The molecule has 3 aromatic rings. The molecule has 1 aromatic heterocycles. The molecule has 2 amide bonds. The fourth-order valence-electron chi connectivity index (χ4n) is 2.71. The van der Waals surface area contributed by atoms with Crippen molar-refractivity contribution in [2.45, 2.75) is 18.9 Å². The number of anilines is 1. The normalized spacial score (nSPS) is 13.1. The Hall–Kier alpha value is -3.61. The lowest BCUT2D eigenvalue weighted by molar-refractivity contribution is -0.118. The van der Waals surface area contributed by atoms with Gasteiger partial charge in [0.1, 0.15) is 11.3 Å². The molecule has 142 valence electrons. The van der Waals surface area contributed by atoms with Gasteiger partial charge in [0.2, 0.25) is 0 Å². The third kappa shape index (κ3) is 4.37. The predicted molar refractivity (Wildman–Crippen MR) is 104 cm³/mol. The Kier molecular flexibility index (Phi) is 4.80. The summed E-state index contributed by atoms with van der Waals surface area (Å²) in [6, 6.07) is 15.0. The van der Waals surface area contributed by atoms with Crippen molar-refractivity contribution in [2.24, 2.45) is 0 Å². The smallest absolute Gasteiger partial charge is 0.336 e. The summed E-state index contributed by atoms with van der Waals surface area (Å²) in [6.45, 7) is -0.221. The molecule has 7 nitrogen and oxygen atoms in total. The van der Waals surface area contributed by atoms with E-state index in [9.17, 15) is 14.4 Å². The van der Waals surface area contributed by atoms with Gasteiger partial charge in [-0.1, -0.05) is 6.07 Å². The molecule has 2 aromatic carbocycles. The number of carbonyl (C=O) groups is 2. The first-order valence-corrected chi connectivity index (χ1v) is 8.94. The van der Waals surface area contributed by atoms with E-state index in [1.54, 1.807) is 48.5 Å². The summed E-state index contributed by atoms with van der Waals surface area (Å²) >= 11 is 0. The zero-order valence-electron chi connectivity index (χ0n) is 14.9. The van der Waals surface area contributed by atoms with Crippen molar-refractivity contribution in [2.75, 3.05) is 11.9 Å². The van der Waals surface area contributed by atoms with Crippen LogP contribution in [-0.2, 0) is 4.79 Å². The van der Waals surface area contributed by atoms with Crippen molar-refractivity contribution in [1.29, 1.82) is 0 Å². The van der Waals surface area contributed by atoms with Crippen LogP contribution in [0.5, 0.6) is 5.75 Å². The van der Waals surface area contributed by atoms with Crippen LogP contribution in [0.15, 0.2) is 63.8 Å². The van der Waals surface area contributed by atoms with Crippen LogP contribution >= 0.6 is 0 Å². The van der Waals surface area contributed by atoms with E-state index in [1.165, 1.54) is 6.07 Å². The van der Waals surface area contributed by atoms with Crippen molar-refractivity contribution < 1.29 is 18.7 Å². The number of hydrogen-bond donors (Lipinski definition) is 2. The molecule has 7 heteroatoms. The molecule has 1 saturated carbocycles. The third-order valence-electron chi connectivity index (χ3n) is 4.29. The van der Waals surface area contributed by atoms with Crippen molar-refractivity contribution in [3.63, 3.8) is 0 Å². The van der Waals surface area contributed by atoms with Crippen molar-refractivity contribution in [3.05, 3.63) is 70.6 Å². The van der Waals surface area contributed by atoms with Gasteiger partial charge in [-0.25, -0.2) is 4.79 Å². The third-order valence-corrected chi connectivity index (χ3v) is 4.29. The van der Waals surface area contributed by atoms with Crippen LogP contribution in [0.3, 0.4) is 0 Å². The molecule has 1 aliphatic rings. The minimum Gasteiger partial charge on any atom is -0.484 e. The second-order valence-corrected chi connectivity index (χ2v) is 6.62. The molecule has 1 heterocycles. The van der Waals surface area contributed by atoms with Crippen LogP contribution in [-0.4, -0.2) is 24.5 Å². The Morgan fingerprint density at radius 1 is 1.07 bits per heavy atom. The van der Waals surface area contributed by atoms with Gasteiger partial charge in [-0.3, -0.25) is 9.59 Å². The molecule has 28 heavy (non-hydrogen) atoms. The molecule has 0 atom stereocenters. The van der Waals surface area contributed by atoms with E-state index >= 15 is 0 Å². The highest BCUT2D eigenvalue weighted by Gasteiger charge is 2.23. The quantitative estimate of drug-likeness (QED) is 0.643. The fraction of sp³-hybridized carbons (Fsp3) is 0.190. The van der Waals surface area contributed by atoms with Crippen molar-refractivity contribution in [3.8, 4) is 5.75 Å². The van der Waals surface area contributed by atoms with Crippen LogP contribution in [0.25, 0.3) is 11.0 Å². The van der Waals surface area contributed by atoms with Gasteiger partial charge in [0.05, 0.1) is 0 Å². The van der Waals surface area contributed by atoms with Crippen LogP contribution in [0.4, 0.5) is 5.69 Å². The van der Waals surface area contributed by atoms with Crippen molar-refractivity contribution in [1.82, 2.24) is 5.32 Å². The molecular formula is C21H18N2O5. The van der Waals surface area contributed by atoms with Gasteiger partial charge in [0, 0.05) is 34.8 Å². The summed E-state index contributed by atoms with van der Waals surface area (Å²) in [5.41, 5.74) is 0.949. The van der Waals surface area contributed by atoms with Crippen molar-refractivity contribution >= 4 is 28.5 Å². The molecule has 0 unspecified atom stereocenters. The number of ether oxygens (including phenoxy) is 1. The number of fused-ring (bicyclic) bond motifs is 1. The summed E-state index contributed by atoms with van der Waals surface area (Å²) in [5.74, 6) is -0.101. The lowest BCUT2D eigenvalue weighted by Crippen LogP contribution is -2.25. The summed E-state index contributed by atoms with van der Waals surface area (Å²) in [5, 5.41) is 6.38. The highest BCUT2D eigenvalue weighted by atomic mass is 16.5. The maximum Gasteiger partial charge on any atom is 0.336 e. The molecule has 0 radical (unpaired) electrons. The number of rotatable bonds is 6. The number of amides is 2. The number of hydrogen-bond acceptors (Lipinski definition) is 5. The van der Waals surface area contributed by atoms with Gasteiger partial charge in [-0.15, -0.1) is 0 Å². The second-order valence-electron chi connectivity index (χ2n) is 6.62. The lowest BCUT2D eigenvalue weighted by Gasteiger charge is -2.09. The molecule has 0 aliphatic heterocycles. The van der Waals surface area contributed by atoms with E-state index in [4.69, 9.17) is 9.15 Å². The van der Waals surface area contributed by atoms with Crippen LogP contribution in [0.1, 0.15) is 23.2 Å². The number of carbonyl (C=O) groups excluding carboxylic acids is 2. The Labute approximate surface area is 160 Å². The van der Waals surface area contributed by atoms with Crippen LogP contribution in [0, 0.1) is 0 Å². The second kappa shape index (κ2) is 7.56. The monoisotopic (exact) mass is 378 g/mol. The van der Waals surface area contributed by atoms with E-state index in [0.717, 1.165) is 18.2 Å². The maximum absolute atomic E-state index is 12.2. The van der Waals surface area contributed by atoms with Gasteiger partial charge in [-0.05, 0) is 49.2 Å². The fourth-order valence-corrected chi connectivity index (χ4v) is 2.71. The molecule has 1 aliphatic carbocycles. The Balaban J connectivity index is 1.36. The zero-order valence-corrected chi connectivity index (χ0v) is 14.9. The molecule has 4 rings (SSSR count). The predicted octanol–water partition coefficient (Wildman–Crippen LogP) is 2.70. The average molecular weight is 378 g/mol. The van der Waals surface area contributed by atoms with E-state index in [1.807, 2.05) is 0 Å². The first kappa shape index (κ1) is 17.8. The van der Waals surface area contributed by atoms with E-state index in [2.05, 4.69) is 10.6 Å². The summed E-state index contributed by atoms with van der Waals surface area (Å²) in [6.07, 6.45) is 2.02. The zero-order chi connectivity index (χ0) is 19.5. The van der Waals surface area contributed by atoms with Gasteiger partial charge < -0.3 is 19.8 Å². The Morgan fingerprint density at radius 2 is 1.89 bits per heavy atom. The van der Waals surface area contributed by atoms with Gasteiger partial charge >= 0.3 is 5.63 Å². The minimum atomic E-state index is -0.451. The average Bonchev–Trinajstić information content (AvgIpc) is 3.50.